The van der Waals surface area contributed by atoms with Gasteiger partial charge in [-0.2, -0.15) is 11.3 Å². The maximum absolute atomic E-state index is 10.2. The van der Waals surface area contributed by atoms with Crippen LogP contribution in [-0.4, -0.2) is 5.11 Å². The largest absolute Gasteiger partial charge is 0.384 e. The summed E-state index contributed by atoms with van der Waals surface area (Å²) in [4.78, 5) is 1.17. The Labute approximate surface area is 106 Å². The molecule has 0 aliphatic carbocycles. The van der Waals surface area contributed by atoms with E-state index in [2.05, 4.69) is 21.3 Å². The average Bonchev–Trinajstić information content (AvgIpc) is 2.71. The Morgan fingerprint density at radius 2 is 2.00 bits per heavy atom. The maximum Gasteiger partial charge on any atom is 0.106 e. The summed E-state index contributed by atoms with van der Waals surface area (Å²) in [6.45, 7) is 4.07. The number of hydrogen-bond donors (Lipinski definition) is 1. The predicted molar refractivity (Wildman–Crippen MR) is 69.9 cm³/mol. The molecule has 4 heteroatoms. The Hall–Kier alpha value is -0.160. The van der Waals surface area contributed by atoms with E-state index < -0.39 is 6.10 Å². The zero-order chi connectivity index (χ0) is 11.0. The minimum atomic E-state index is -0.487. The molecule has 1 N–H and O–H groups in total. The molecule has 0 saturated heterocycles. The van der Waals surface area contributed by atoms with Crippen LogP contribution in [0.2, 0.25) is 0 Å². The van der Waals surface area contributed by atoms with Crippen molar-refractivity contribution >= 4 is 38.6 Å². The van der Waals surface area contributed by atoms with E-state index in [0.717, 1.165) is 20.5 Å². The molecule has 2 rings (SSSR count). The molecular formula is C11H11BrOS2. The molecule has 0 fully saturated rings. The van der Waals surface area contributed by atoms with E-state index in [0.29, 0.717) is 0 Å². The molecule has 1 atom stereocenters. The van der Waals surface area contributed by atoms with Gasteiger partial charge in [0.25, 0.3) is 0 Å². The van der Waals surface area contributed by atoms with Crippen LogP contribution in [0.15, 0.2) is 20.6 Å². The molecule has 0 aliphatic heterocycles. The van der Waals surface area contributed by atoms with Crippen molar-refractivity contribution in [2.75, 3.05) is 0 Å². The number of hydrogen-bond acceptors (Lipinski definition) is 3. The van der Waals surface area contributed by atoms with E-state index in [-0.39, 0.29) is 0 Å². The predicted octanol–water partition coefficient (Wildman–Crippen LogP) is 4.27. The Morgan fingerprint density at radius 1 is 1.27 bits per heavy atom. The lowest BCUT2D eigenvalue weighted by Crippen LogP contribution is -1.99. The highest BCUT2D eigenvalue weighted by Crippen LogP contribution is 2.35. The summed E-state index contributed by atoms with van der Waals surface area (Å²) in [6, 6.07) is 2.00. The van der Waals surface area contributed by atoms with Crippen molar-refractivity contribution in [3.63, 3.8) is 0 Å². The van der Waals surface area contributed by atoms with Crippen molar-refractivity contribution in [2.45, 2.75) is 20.0 Å². The molecule has 1 unspecified atom stereocenters. The van der Waals surface area contributed by atoms with Gasteiger partial charge in [0.2, 0.25) is 0 Å². The fourth-order valence-electron chi connectivity index (χ4n) is 1.55. The molecule has 2 aromatic rings. The summed E-state index contributed by atoms with van der Waals surface area (Å²) in [5.41, 5.74) is 3.19. The molecule has 0 aromatic carbocycles. The fraction of sp³-hybridized carbons (Fsp3) is 0.273. The van der Waals surface area contributed by atoms with Crippen LogP contribution < -0.4 is 0 Å². The first-order valence-corrected chi connectivity index (χ1v) is 7.11. The molecule has 0 bridgehead atoms. The van der Waals surface area contributed by atoms with Crippen LogP contribution in [0, 0.1) is 13.8 Å². The van der Waals surface area contributed by atoms with E-state index in [9.17, 15) is 5.11 Å². The summed E-state index contributed by atoms with van der Waals surface area (Å²) in [6.07, 6.45) is -0.487. The second-order valence-electron chi connectivity index (χ2n) is 3.47. The van der Waals surface area contributed by atoms with Crippen molar-refractivity contribution in [3.05, 3.63) is 42.2 Å². The third kappa shape index (κ3) is 2.18. The van der Waals surface area contributed by atoms with Gasteiger partial charge < -0.3 is 5.11 Å². The van der Waals surface area contributed by atoms with Crippen molar-refractivity contribution in [2.24, 2.45) is 0 Å². The Morgan fingerprint density at radius 3 is 2.47 bits per heavy atom. The first kappa shape index (κ1) is 11.3. The molecule has 0 spiro atoms. The van der Waals surface area contributed by atoms with Gasteiger partial charge in [-0.1, -0.05) is 0 Å². The van der Waals surface area contributed by atoms with Crippen LogP contribution >= 0.6 is 38.6 Å². The quantitative estimate of drug-likeness (QED) is 0.878. The van der Waals surface area contributed by atoms with E-state index in [1.807, 2.05) is 25.3 Å². The molecule has 80 valence electrons. The number of rotatable bonds is 2. The molecule has 15 heavy (non-hydrogen) atoms. The summed E-state index contributed by atoms with van der Waals surface area (Å²) in [5, 5.41) is 14.3. The van der Waals surface area contributed by atoms with E-state index >= 15 is 0 Å². The van der Waals surface area contributed by atoms with Gasteiger partial charge in [-0.15, -0.1) is 11.3 Å². The molecule has 1 nitrogen and oxygen atoms in total. The SMILES string of the molecule is Cc1cscc1C(O)c1cc(Br)sc1C. The lowest BCUT2D eigenvalue weighted by atomic mass is 10.0. The monoisotopic (exact) mass is 302 g/mol. The van der Waals surface area contributed by atoms with Gasteiger partial charge >= 0.3 is 0 Å². The summed E-state index contributed by atoms with van der Waals surface area (Å²) >= 11 is 6.74. The Bertz CT molecular complexity index is 473. The molecule has 0 aliphatic rings. The molecule has 0 radical (unpaired) electrons. The van der Waals surface area contributed by atoms with Crippen molar-refractivity contribution in [1.82, 2.24) is 0 Å². The first-order valence-electron chi connectivity index (χ1n) is 4.56. The van der Waals surface area contributed by atoms with Gasteiger partial charge in [-0.05, 0) is 63.3 Å². The van der Waals surface area contributed by atoms with Gasteiger partial charge in [-0.25, -0.2) is 0 Å². The normalized spacial score (nSPS) is 13.1. The topological polar surface area (TPSA) is 20.2 Å². The molecule has 2 aromatic heterocycles. The standard InChI is InChI=1S/C11H11BrOS2/c1-6-4-14-5-9(6)11(13)8-3-10(12)15-7(8)2/h3-5,11,13H,1-2H3. The molecule has 0 saturated carbocycles. The number of aliphatic hydroxyl groups excluding tert-OH is 1. The third-order valence-electron chi connectivity index (χ3n) is 2.41. The lowest BCUT2D eigenvalue weighted by molar-refractivity contribution is 0.220. The van der Waals surface area contributed by atoms with Crippen LogP contribution in [0.1, 0.15) is 27.7 Å². The maximum atomic E-state index is 10.2. The van der Waals surface area contributed by atoms with Gasteiger partial charge in [0.1, 0.15) is 6.10 Å². The summed E-state index contributed by atoms with van der Waals surface area (Å²) in [7, 11) is 0. The Kier molecular flexibility index (Phi) is 3.30. The van der Waals surface area contributed by atoms with E-state index in [1.165, 1.54) is 4.88 Å². The highest BCUT2D eigenvalue weighted by atomic mass is 79.9. The zero-order valence-electron chi connectivity index (χ0n) is 8.45. The molecule has 2 heterocycles. The highest BCUT2D eigenvalue weighted by Gasteiger charge is 2.17. The Balaban J connectivity index is 2.40. The zero-order valence-corrected chi connectivity index (χ0v) is 11.7. The van der Waals surface area contributed by atoms with Crippen molar-refractivity contribution in [1.29, 1.82) is 0 Å². The van der Waals surface area contributed by atoms with Gasteiger partial charge in [0.05, 0.1) is 3.79 Å². The number of halogens is 1. The van der Waals surface area contributed by atoms with Gasteiger partial charge in [0.15, 0.2) is 0 Å². The number of aliphatic hydroxyl groups is 1. The van der Waals surface area contributed by atoms with E-state index in [1.54, 1.807) is 22.7 Å². The minimum Gasteiger partial charge on any atom is -0.384 e. The minimum absolute atomic E-state index is 0.487. The van der Waals surface area contributed by atoms with Crippen LogP contribution in [0.25, 0.3) is 0 Å². The molecule has 0 amide bonds. The summed E-state index contributed by atoms with van der Waals surface area (Å²) in [5.74, 6) is 0. The van der Waals surface area contributed by atoms with Crippen LogP contribution in [0.4, 0.5) is 0 Å². The summed E-state index contributed by atoms with van der Waals surface area (Å²) < 4.78 is 1.07. The molecular weight excluding hydrogens is 292 g/mol. The van der Waals surface area contributed by atoms with Crippen molar-refractivity contribution < 1.29 is 5.11 Å². The highest BCUT2D eigenvalue weighted by molar-refractivity contribution is 9.11. The lowest BCUT2D eigenvalue weighted by Gasteiger charge is -2.09. The average molecular weight is 303 g/mol. The third-order valence-corrected chi connectivity index (χ3v) is 4.86. The fourth-order valence-corrected chi connectivity index (χ4v) is 4.16. The van der Waals surface area contributed by atoms with Crippen LogP contribution in [-0.2, 0) is 0 Å². The van der Waals surface area contributed by atoms with Crippen LogP contribution in [0.5, 0.6) is 0 Å². The van der Waals surface area contributed by atoms with E-state index in [4.69, 9.17) is 0 Å². The van der Waals surface area contributed by atoms with Gasteiger partial charge in [0, 0.05) is 4.88 Å². The van der Waals surface area contributed by atoms with Crippen molar-refractivity contribution in [3.8, 4) is 0 Å². The van der Waals surface area contributed by atoms with Crippen LogP contribution in [0.3, 0.4) is 0 Å². The number of thiophene rings is 2. The number of aryl methyl sites for hydroxylation is 2. The first-order chi connectivity index (χ1) is 7.09. The second-order valence-corrected chi connectivity index (χ2v) is 6.85. The van der Waals surface area contributed by atoms with Gasteiger partial charge in [-0.3, -0.25) is 0 Å². The smallest absolute Gasteiger partial charge is 0.106 e. The second kappa shape index (κ2) is 4.37.